The fourth-order valence-electron chi connectivity index (χ4n) is 1.31. The molecule has 0 radical (unpaired) electrons. The molecule has 0 fully saturated rings. The number of carboxylic acid groups (broad SMARTS) is 1. The van der Waals surface area contributed by atoms with Crippen molar-refractivity contribution in [1.29, 1.82) is 0 Å². The fourth-order valence-corrected chi connectivity index (χ4v) is 1.86. The molecule has 0 aromatic carbocycles. The molecule has 1 amide bonds. The molecule has 1 heterocycles. The van der Waals surface area contributed by atoms with Gasteiger partial charge in [0, 0.05) is 5.38 Å². The normalized spacial score (nSPS) is 13.3. The van der Waals surface area contributed by atoms with Gasteiger partial charge in [0.1, 0.15) is 17.4 Å². The van der Waals surface area contributed by atoms with Gasteiger partial charge in [-0.25, -0.2) is 14.6 Å². The minimum Gasteiger partial charge on any atom is -0.476 e. The number of aliphatic carboxylic acids is 1. The van der Waals surface area contributed by atoms with Crippen LogP contribution in [0.5, 0.6) is 0 Å². The van der Waals surface area contributed by atoms with Gasteiger partial charge in [0.2, 0.25) is 5.71 Å². The van der Waals surface area contributed by atoms with E-state index in [4.69, 9.17) is 20.4 Å². The summed E-state index contributed by atoms with van der Waals surface area (Å²) in [6, 6.07) is 0. The number of nitrogens with one attached hydrogen (secondary N) is 1. The van der Waals surface area contributed by atoms with Crippen LogP contribution in [-0.4, -0.2) is 46.1 Å². The van der Waals surface area contributed by atoms with E-state index in [0.29, 0.717) is 0 Å². The summed E-state index contributed by atoms with van der Waals surface area (Å²) in [6.45, 7) is 6.96. The molecule has 128 valence electrons. The molecule has 10 heteroatoms. The molecular weight excluding hydrogens is 324 g/mol. The number of hydrogen-bond donors (Lipinski definition) is 3. The van der Waals surface area contributed by atoms with Crippen LogP contribution in [0.3, 0.4) is 0 Å². The van der Waals surface area contributed by atoms with Crippen LogP contribution >= 0.6 is 11.3 Å². The molecule has 1 aromatic rings. The van der Waals surface area contributed by atoms with Gasteiger partial charge in [-0.2, -0.15) is 0 Å². The second-order valence-electron chi connectivity index (χ2n) is 5.61. The zero-order valence-electron chi connectivity index (χ0n) is 13.3. The number of anilines is 1. The molecular formula is C13H20N4O5S. The first-order chi connectivity index (χ1) is 10.6. The number of nitrogens with zero attached hydrogens (tertiary/aromatic N) is 2. The van der Waals surface area contributed by atoms with E-state index < -0.39 is 23.8 Å². The van der Waals surface area contributed by atoms with Crippen LogP contribution in [0, 0.1) is 0 Å². The molecule has 0 saturated carbocycles. The quantitative estimate of drug-likeness (QED) is 0.524. The second-order valence-corrected chi connectivity index (χ2v) is 6.50. The number of hydrogen-bond acceptors (Lipinski definition) is 8. The molecule has 23 heavy (non-hydrogen) atoms. The highest BCUT2D eigenvalue weighted by Crippen LogP contribution is 2.12. The Balaban J connectivity index is 2.56. The number of amides is 1. The van der Waals surface area contributed by atoms with Gasteiger partial charge in [0.15, 0.2) is 5.13 Å². The summed E-state index contributed by atoms with van der Waals surface area (Å²) in [5.74, 6) is -1.29. The number of ether oxygens (including phenoxy) is 1. The van der Waals surface area contributed by atoms with Crippen molar-refractivity contribution in [3.8, 4) is 0 Å². The van der Waals surface area contributed by atoms with E-state index in [1.54, 1.807) is 27.7 Å². The predicted octanol–water partition coefficient (Wildman–Crippen LogP) is 1.44. The standard InChI is InChI=1S/C13H20N4O5S/c1-7(5-15-12(20)21-13(2,3)4)22-17-9(10(18)19)8-6-23-11(14)16-8/h6-7H,5H2,1-4H3,(H2,14,16)(H,15,20)(H,18,19)/b17-9+/t7-/m0/s1. The summed E-state index contributed by atoms with van der Waals surface area (Å²) in [4.78, 5) is 31.6. The third-order valence-electron chi connectivity index (χ3n) is 2.22. The highest BCUT2D eigenvalue weighted by molar-refractivity contribution is 7.13. The summed E-state index contributed by atoms with van der Waals surface area (Å²) < 4.78 is 5.07. The van der Waals surface area contributed by atoms with Crippen LogP contribution in [0.1, 0.15) is 33.4 Å². The Hall–Kier alpha value is -2.36. The highest BCUT2D eigenvalue weighted by atomic mass is 32.1. The summed E-state index contributed by atoms with van der Waals surface area (Å²) >= 11 is 1.10. The monoisotopic (exact) mass is 344 g/mol. The molecule has 1 atom stereocenters. The SMILES string of the molecule is C[C@@H](CNC(=O)OC(C)(C)C)O/N=C(/C(=O)O)c1csc(N)n1. The molecule has 1 rings (SSSR count). The number of aromatic nitrogens is 1. The lowest BCUT2D eigenvalue weighted by molar-refractivity contribution is -0.129. The minimum atomic E-state index is -1.29. The maximum atomic E-state index is 11.5. The van der Waals surface area contributed by atoms with Crippen LogP contribution < -0.4 is 11.1 Å². The van der Waals surface area contributed by atoms with Crippen molar-refractivity contribution in [2.45, 2.75) is 39.4 Å². The highest BCUT2D eigenvalue weighted by Gasteiger charge is 2.19. The van der Waals surface area contributed by atoms with Crippen molar-refractivity contribution >= 4 is 34.2 Å². The van der Waals surface area contributed by atoms with Gasteiger partial charge >= 0.3 is 12.1 Å². The van der Waals surface area contributed by atoms with E-state index in [1.165, 1.54) is 5.38 Å². The maximum Gasteiger partial charge on any atom is 0.407 e. The molecule has 0 unspecified atom stereocenters. The molecule has 0 bridgehead atoms. The van der Waals surface area contributed by atoms with E-state index in [1.807, 2.05) is 0 Å². The van der Waals surface area contributed by atoms with E-state index in [9.17, 15) is 9.59 Å². The average Bonchev–Trinajstić information content (AvgIpc) is 2.80. The van der Waals surface area contributed by atoms with Gasteiger partial charge in [-0.15, -0.1) is 11.3 Å². The first-order valence-corrected chi connectivity index (χ1v) is 7.62. The number of alkyl carbamates (subject to hydrolysis) is 1. The fraction of sp³-hybridized carbons (Fsp3) is 0.538. The number of nitrogens with two attached hydrogens (primary N) is 1. The third kappa shape index (κ3) is 6.96. The number of nitrogen functional groups attached to an aromatic ring is 1. The van der Waals surface area contributed by atoms with Crippen molar-refractivity contribution in [2.75, 3.05) is 12.3 Å². The summed E-state index contributed by atoms with van der Waals surface area (Å²) in [6.07, 6.45) is -1.16. The van der Waals surface area contributed by atoms with Crippen molar-refractivity contribution < 1.29 is 24.3 Å². The van der Waals surface area contributed by atoms with Crippen molar-refractivity contribution in [3.63, 3.8) is 0 Å². The average molecular weight is 344 g/mol. The third-order valence-corrected chi connectivity index (χ3v) is 2.90. The Morgan fingerprint density at radius 1 is 1.52 bits per heavy atom. The molecule has 0 saturated heterocycles. The van der Waals surface area contributed by atoms with E-state index in [2.05, 4.69) is 15.5 Å². The lowest BCUT2D eigenvalue weighted by Crippen LogP contribution is -2.36. The van der Waals surface area contributed by atoms with Crippen molar-refractivity contribution in [3.05, 3.63) is 11.1 Å². The van der Waals surface area contributed by atoms with E-state index in [-0.39, 0.29) is 23.1 Å². The first-order valence-electron chi connectivity index (χ1n) is 6.74. The number of oxime groups is 1. The van der Waals surface area contributed by atoms with Gasteiger partial charge in [0.25, 0.3) is 0 Å². The molecule has 0 spiro atoms. The van der Waals surface area contributed by atoms with Gasteiger partial charge in [0.05, 0.1) is 6.54 Å². The minimum absolute atomic E-state index is 0.102. The Bertz CT molecular complexity index is 593. The first kappa shape index (κ1) is 18.7. The van der Waals surface area contributed by atoms with Gasteiger partial charge in [-0.05, 0) is 27.7 Å². The molecule has 1 aromatic heterocycles. The maximum absolute atomic E-state index is 11.5. The van der Waals surface area contributed by atoms with Crippen LogP contribution in [0.25, 0.3) is 0 Å². The summed E-state index contributed by atoms with van der Waals surface area (Å²) in [5.41, 5.74) is 4.62. The number of carboxylic acids is 1. The van der Waals surface area contributed by atoms with E-state index >= 15 is 0 Å². The summed E-state index contributed by atoms with van der Waals surface area (Å²) in [5, 5.41) is 16.9. The lowest BCUT2D eigenvalue weighted by Gasteiger charge is -2.20. The number of rotatable bonds is 6. The zero-order chi connectivity index (χ0) is 17.6. The summed E-state index contributed by atoms with van der Waals surface area (Å²) in [7, 11) is 0. The Labute approximate surface area is 137 Å². The zero-order valence-corrected chi connectivity index (χ0v) is 14.1. The van der Waals surface area contributed by atoms with Gasteiger partial charge in [-0.3, -0.25) is 0 Å². The Kier molecular flexibility index (Phi) is 6.31. The van der Waals surface area contributed by atoms with Crippen molar-refractivity contribution in [1.82, 2.24) is 10.3 Å². The molecule has 0 aliphatic heterocycles. The Morgan fingerprint density at radius 2 is 2.17 bits per heavy atom. The van der Waals surface area contributed by atoms with Crippen molar-refractivity contribution in [2.24, 2.45) is 5.16 Å². The van der Waals surface area contributed by atoms with Crippen LogP contribution in [0.15, 0.2) is 10.5 Å². The molecule has 9 nitrogen and oxygen atoms in total. The Morgan fingerprint density at radius 3 is 2.65 bits per heavy atom. The number of carbonyl (C=O) groups is 2. The van der Waals surface area contributed by atoms with Crippen LogP contribution in [-0.2, 0) is 14.4 Å². The van der Waals surface area contributed by atoms with Crippen LogP contribution in [0.2, 0.25) is 0 Å². The van der Waals surface area contributed by atoms with Gasteiger partial charge in [-0.1, -0.05) is 5.16 Å². The predicted molar refractivity (Wildman–Crippen MR) is 85.5 cm³/mol. The largest absolute Gasteiger partial charge is 0.476 e. The number of carbonyl (C=O) groups excluding carboxylic acids is 1. The molecule has 0 aliphatic carbocycles. The molecule has 0 aliphatic rings. The second kappa shape index (κ2) is 7.77. The molecule has 4 N–H and O–H groups in total. The lowest BCUT2D eigenvalue weighted by atomic mass is 10.2. The number of thiazole rings is 1. The smallest absolute Gasteiger partial charge is 0.407 e. The van der Waals surface area contributed by atoms with Crippen LogP contribution in [0.4, 0.5) is 9.93 Å². The van der Waals surface area contributed by atoms with E-state index in [0.717, 1.165) is 11.3 Å². The topological polar surface area (TPSA) is 136 Å². The van der Waals surface area contributed by atoms with Gasteiger partial charge < -0.3 is 25.7 Å².